The lowest BCUT2D eigenvalue weighted by molar-refractivity contribution is -0.144. The third kappa shape index (κ3) is 9.02. The highest BCUT2D eigenvalue weighted by Gasteiger charge is 2.49. The normalized spacial score (nSPS) is 16.5. The minimum absolute atomic E-state index is 0.0351. The molecule has 0 heterocycles. The zero-order valence-electron chi connectivity index (χ0n) is 22.8. The number of nitrogens with two attached hydrogens (primary N) is 1. The monoisotopic (exact) mass is 587 g/mol. The molecule has 2 aliphatic rings. The Bertz CT molecular complexity index is 1280. The molecule has 12 nitrogen and oxygen atoms in total. The average Bonchev–Trinajstić information content (AvgIpc) is 3.58. The van der Waals surface area contributed by atoms with E-state index in [1.165, 1.54) is 23.3 Å². The van der Waals surface area contributed by atoms with E-state index in [-0.39, 0.29) is 29.2 Å². The van der Waals surface area contributed by atoms with Crippen LogP contribution in [0.1, 0.15) is 49.7 Å². The molecule has 1 saturated carbocycles. The van der Waals surface area contributed by atoms with Crippen LogP contribution in [0.15, 0.2) is 59.5 Å². The van der Waals surface area contributed by atoms with Gasteiger partial charge in [-0.2, -0.15) is 8.42 Å². The molecule has 222 valence electrons. The second-order valence-corrected chi connectivity index (χ2v) is 11.8. The Labute approximate surface area is 240 Å². The average molecular weight is 588 g/mol. The molecule has 0 bridgehead atoms. The maximum atomic E-state index is 13.3. The molecule has 14 heteroatoms. The van der Waals surface area contributed by atoms with Crippen LogP contribution >= 0.6 is 0 Å². The summed E-state index contributed by atoms with van der Waals surface area (Å²) in [6.07, 6.45) is 4.71. The highest BCUT2D eigenvalue weighted by atomic mass is 32.2. The summed E-state index contributed by atoms with van der Waals surface area (Å²) in [6.45, 7) is 0.377. The third-order valence-electron chi connectivity index (χ3n) is 7.44. The Kier molecular flexibility index (Phi) is 11.3. The van der Waals surface area contributed by atoms with Gasteiger partial charge in [0.15, 0.2) is 5.96 Å². The molecule has 2 amide bonds. The van der Waals surface area contributed by atoms with E-state index >= 15 is 0 Å². The fourth-order valence-corrected chi connectivity index (χ4v) is 5.76. The number of amides is 2. The van der Waals surface area contributed by atoms with Gasteiger partial charge in [-0.1, -0.05) is 55.3 Å². The van der Waals surface area contributed by atoms with E-state index in [0.717, 1.165) is 25.7 Å². The van der Waals surface area contributed by atoms with Crippen molar-refractivity contribution in [1.29, 1.82) is 5.41 Å². The third-order valence-corrected chi connectivity index (χ3v) is 8.31. The second-order valence-electron chi connectivity index (χ2n) is 10.4. The molecule has 1 unspecified atom stereocenters. The molecule has 0 saturated heterocycles. The summed E-state index contributed by atoms with van der Waals surface area (Å²) in [7, 11) is -5.75. The molecule has 1 atom stereocenters. The van der Waals surface area contributed by atoms with Crippen molar-refractivity contribution in [3.63, 3.8) is 0 Å². The van der Waals surface area contributed by atoms with Gasteiger partial charge >= 0.3 is 7.12 Å². The van der Waals surface area contributed by atoms with E-state index in [1.54, 1.807) is 18.2 Å². The summed E-state index contributed by atoms with van der Waals surface area (Å²) in [5.41, 5.74) is 6.50. The number of benzene rings is 2. The summed E-state index contributed by atoms with van der Waals surface area (Å²) in [5, 5.41) is 35.0. The molecule has 4 rings (SSSR count). The number of carbonyl (C=O) groups excluding carboxylic acids is 2. The van der Waals surface area contributed by atoms with E-state index in [1.807, 2.05) is 12.1 Å². The molecule has 2 aromatic rings. The number of carbonyl (C=O) groups is 2. The fraction of sp³-hybridized carbons (Fsp3) is 0.444. The van der Waals surface area contributed by atoms with E-state index in [2.05, 4.69) is 28.1 Å². The Morgan fingerprint density at radius 1 is 1.00 bits per heavy atom. The standard InChI is InChI=1S/C21H32BN5O4.C6H6O3S/c23-20(24)25-11-5-8-17(22(30)31)27-19(29)21(9-3-4-10-21)18(28)26-16-12-14-6-1-2-7-15(14)13-16;7-10(8,9)6-4-2-1-3-5-6/h1-2,6-7,16-17,30-31H,3-5,8-13H2,(H,26,28)(H,27,29)(H4,23,24,25);1-5H,(H,7,8,9). The second kappa shape index (κ2) is 14.4. The van der Waals surface area contributed by atoms with Crippen LogP contribution in [0.4, 0.5) is 0 Å². The van der Waals surface area contributed by atoms with Gasteiger partial charge in [0.25, 0.3) is 10.1 Å². The maximum Gasteiger partial charge on any atom is 0.475 e. The number of guanidine groups is 1. The Morgan fingerprint density at radius 3 is 2.05 bits per heavy atom. The molecule has 0 aliphatic heterocycles. The van der Waals surface area contributed by atoms with Gasteiger partial charge in [0.05, 0.1) is 10.8 Å². The number of fused-ring (bicyclic) bond motifs is 1. The molecule has 0 aromatic heterocycles. The SMILES string of the molecule is N=C(N)NCCCC(NC(=O)C1(C(=O)NC2Cc3ccccc3C2)CCCC1)B(O)O.O=S(=O)(O)c1ccccc1. The molecule has 1 fully saturated rings. The van der Waals surface area contributed by atoms with Gasteiger partial charge < -0.3 is 31.7 Å². The number of hydrogen-bond donors (Lipinski definition) is 8. The van der Waals surface area contributed by atoms with Crippen molar-refractivity contribution in [2.24, 2.45) is 11.1 Å². The van der Waals surface area contributed by atoms with Gasteiger partial charge in [0.2, 0.25) is 11.8 Å². The summed E-state index contributed by atoms with van der Waals surface area (Å²) >= 11 is 0. The first-order valence-corrected chi connectivity index (χ1v) is 15.0. The quantitative estimate of drug-likeness (QED) is 0.0485. The predicted octanol–water partition coefficient (Wildman–Crippen LogP) is 0.524. The topological polar surface area (TPSA) is 215 Å². The van der Waals surface area contributed by atoms with E-state index in [9.17, 15) is 28.1 Å². The largest absolute Gasteiger partial charge is 0.475 e. The van der Waals surface area contributed by atoms with Crippen LogP contribution in [0.25, 0.3) is 0 Å². The molecule has 9 N–H and O–H groups in total. The maximum absolute atomic E-state index is 13.3. The van der Waals surface area contributed by atoms with Crippen LogP contribution in [0, 0.1) is 10.8 Å². The van der Waals surface area contributed by atoms with Gasteiger partial charge in [-0.25, -0.2) is 0 Å². The van der Waals surface area contributed by atoms with Crippen LogP contribution in [-0.2, 0) is 32.5 Å². The van der Waals surface area contributed by atoms with E-state index in [0.29, 0.717) is 25.8 Å². The lowest BCUT2D eigenvalue weighted by Gasteiger charge is -2.30. The lowest BCUT2D eigenvalue weighted by Crippen LogP contribution is -2.57. The molecule has 0 radical (unpaired) electrons. The molecule has 41 heavy (non-hydrogen) atoms. The van der Waals surface area contributed by atoms with Crippen molar-refractivity contribution in [2.75, 3.05) is 6.54 Å². The first-order chi connectivity index (χ1) is 19.4. The van der Waals surface area contributed by atoms with Crippen molar-refractivity contribution in [1.82, 2.24) is 16.0 Å². The zero-order valence-corrected chi connectivity index (χ0v) is 23.6. The Balaban J connectivity index is 0.000000389. The van der Waals surface area contributed by atoms with Crippen LogP contribution in [0.5, 0.6) is 0 Å². The van der Waals surface area contributed by atoms with Crippen molar-refractivity contribution >= 4 is 35.0 Å². The van der Waals surface area contributed by atoms with Gasteiger partial charge in [-0.15, -0.1) is 0 Å². The Morgan fingerprint density at radius 2 is 1.56 bits per heavy atom. The molecule has 0 spiro atoms. The molecular weight excluding hydrogens is 549 g/mol. The number of nitrogens with one attached hydrogen (secondary N) is 4. The van der Waals surface area contributed by atoms with E-state index in [4.69, 9.17) is 15.7 Å². The zero-order chi connectivity index (χ0) is 30.0. The van der Waals surface area contributed by atoms with Gasteiger partial charge in [-0.3, -0.25) is 19.6 Å². The van der Waals surface area contributed by atoms with Crippen molar-refractivity contribution < 1.29 is 32.6 Å². The summed E-state index contributed by atoms with van der Waals surface area (Å²) in [4.78, 5) is 26.4. The lowest BCUT2D eigenvalue weighted by atomic mass is 9.75. The summed E-state index contributed by atoms with van der Waals surface area (Å²) in [6, 6.07) is 15.5. The first kappa shape index (κ1) is 32.1. The first-order valence-electron chi connectivity index (χ1n) is 13.6. The number of hydrogen-bond acceptors (Lipinski definition) is 7. The minimum atomic E-state index is -4.00. The predicted molar refractivity (Wildman–Crippen MR) is 154 cm³/mol. The highest BCUT2D eigenvalue weighted by Crippen LogP contribution is 2.39. The Hall–Kier alpha value is -3.46. The smallest absolute Gasteiger partial charge is 0.426 e. The van der Waals surface area contributed by atoms with Gasteiger partial charge in [-0.05, 0) is 61.8 Å². The highest BCUT2D eigenvalue weighted by molar-refractivity contribution is 7.85. The van der Waals surface area contributed by atoms with Crippen LogP contribution in [0.2, 0.25) is 0 Å². The van der Waals surface area contributed by atoms with Crippen molar-refractivity contribution in [3.8, 4) is 0 Å². The minimum Gasteiger partial charge on any atom is -0.426 e. The van der Waals surface area contributed by atoms with Crippen molar-refractivity contribution in [2.45, 2.75) is 68.2 Å². The molecular formula is C27H38BN5O7S. The number of rotatable bonds is 10. The van der Waals surface area contributed by atoms with Gasteiger partial charge in [0.1, 0.15) is 5.41 Å². The van der Waals surface area contributed by atoms with Gasteiger partial charge in [0, 0.05) is 12.6 Å². The summed E-state index contributed by atoms with van der Waals surface area (Å²) < 4.78 is 29.2. The van der Waals surface area contributed by atoms with Crippen LogP contribution in [-0.4, -0.2) is 66.4 Å². The summed E-state index contributed by atoms with van der Waals surface area (Å²) in [5.74, 6) is -1.79. The van der Waals surface area contributed by atoms with Crippen LogP contribution in [0.3, 0.4) is 0 Å². The van der Waals surface area contributed by atoms with E-state index < -0.39 is 34.5 Å². The molecule has 2 aliphatic carbocycles. The fourth-order valence-electron chi connectivity index (χ4n) is 5.26. The van der Waals surface area contributed by atoms with Crippen LogP contribution < -0.4 is 21.7 Å². The van der Waals surface area contributed by atoms with Crippen molar-refractivity contribution in [3.05, 3.63) is 65.7 Å². The molecule has 2 aromatic carbocycles.